The molecular formula is C11H13N3O3S. The highest BCUT2D eigenvalue weighted by molar-refractivity contribution is 7.89. The van der Waals surface area contributed by atoms with Gasteiger partial charge in [0, 0.05) is 16.8 Å². The summed E-state index contributed by atoms with van der Waals surface area (Å²) in [6, 6.07) is 4.34. The van der Waals surface area contributed by atoms with E-state index in [0.717, 1.165) is 5.56 Å². The Morgan fingerprint density at radius 3 is 2.44 bits per heavy atom. The van der Waals surface area contributed by atoms with Crippen molar-refractivity contribution < 1.29 is 12.9 Å². The van der Waals surface area contributed by atoms with E-state index >= 15 is 0 Å². The van der Waals surface area contributed by atoms with E-state index in [0.29, 0.717) is 22.7 Å². The van der Waals surface area contributed by atoms with Crippen LogP contribution < -0.4 is 10.9 Å². The van der Waals surface area contributed by atoms with E-state index in [1.165, 1.54) is 18.2 Å². The molecule has 0 aliphatic heterocycles. The van der Waals surface area contributed by atoms with Crippen LogP contribution in [0, 0.1) is 13.8 Å². The van der Waals surface area contributed by atoms with Crippen molar-refractivity contribution in [3.63, 3.8) is 0 Å². The second kappa shape index (κ2) is 4.11. The summed E-state index contributed by atoms with van der Waals surface area (Å²) in [5, 5.41) is 8.97. The van der Waals surface area contributed by atoms with Gasteiger partial charge in [-0.3, -0.25) is 0 Å². The minimum Gasteiger partial charge on any atom is -0.399 e. The van der Waals surface area contributed by atoms with Crippen LogP contribution in [0.5, 0.6) is 0 Å². The number of primary sulfonamides is 1. The van der Waals surface area contributed by atoms with Crippen LogP contribution in [0.15, 0.2) is 27.6 Å². The standard InChI is InChI=1S/C11H13N3O3S/c1-6-7(2)14-17-11(6)9-5-8(12)3-4-10(9)18(13,15)16/h3-5H,12H2,1-2H3,(H2,13,15,16). The second-order valence-electron chi connectivity index (χ2n) is 4.02. The van der Waals surface area contributed by atoms with Crippen molar-refractivity contribution in [2.24, 2.45) is 5.14 Å². The highest BCUT2D eigenvalue weighted by Crippen LogP contribution is 2.32. The molecule has 1 heterocycles. The van der Waals surface area contributed by atoms with Gasteiger partial charge in [0.25, 0.3) is 0 Å². The van der Waals surface area contributed by atoms with Crippen molar-refractivity contribution in [2.45, 2.75) is 18.7 Å². The summed E-state index contributed by atoms with van der Waals surface area (Å²) >= 11 is 0. The van der Waals surface area contributed by atoms with Crippen LogP contribution in [0.1, 0.15) is 11.3 Å². The van der Waals surface area contributed by atoms with Gasteiger partial charge in [-0.1, -0.05) is 5.16 Å². The van der Waals surface area contributed by atoms with E-state index in [-0.39, 0.29) is 4.90 Å². The molecule has 6 nitrogen and oxygen atoms in total. The molecule has 96 valence electrons. The first kappa shape index (κ1) is 12.6. The minimum atomic E-state index is -3.85. The number of rotatable bonds is 2. The molecule has 0 aliphatic rings. The van der Waals surface area contributed by atoms with Crippen molar-refractivity contribution >= 4 is 15.7 Å². The Morgan fingerprint density at radius 1 is 1.28 bits per heavy atom. The highest BCUT2D eigenvalue weighted by Gasteiger charge is 2.20. The van der Waals surface area contributed by atoms with Crippen molar-refractivity contribution in [1.82, 2.24) is 5.16 Å². The Hall–Kier alpha value is -1.86. The van der Waals surface area contributed by atoms with Crippen LogP contribution in [0.25, 0.3) is 11.3 Å². The highest BCUT2D eigenvalue weighted by atomic mass is 32.2. The summed E-state index contributed by atoms with van der Waals surface area (Å²) in [7, 11) is -3.85. The normalized spacial score (nSPS) is 11.7. The molecule has 0 amide bonds. The molecular weight excluding hydrogens is 254 g/mol. The average molecular weight is 267 g/mol. The number of aryl methyl sites for hydroxylation is 1. The van der Waals surface area contributed by atoms with E-state index in [1.54, 1.807) is 13.8 Å². The lowest BCUT2D eigenvalue weighted by Gasteiger charge is -2.06. The first-order chi connectivity index (χ1) is 8.30. The minimum absolute atomic E-state index is 0.0315. The zero-order chi connectivity index (χ0) is 13.5. The van der Waals surface area contributed by atoms with Gasteiger partial charge in [0.2, 0.25) is 10.0 Å². The number of nitrogen functional groups attached to an aromatic ring is 1. The number of anilines is 1. The molecule has 0 atom stereocenters. The zero-order valence-electron chi connectivity index (χ0n) is 9.97. The molecule has 2 rings (SSSR count). The summed E-state index contributed by atoms with van der Waals surface area (Å²) in [5.41, 5.74) is 7.86. The molecule has 0 spiro atoms. The Bertz CT molecular complexity index is 704. The van der Waals surface area contributed by atoms with Gasteiger partial charge >= 0.3 is 0 Å². The van der Waals surface area contributed by atoms with Crippen molar-refractivity contribution in [3.8, 4) is 11.3 Å². The summed E-state index contributed by atoms with van der Waals surface area (Å²) in [6.45, 7) is 3.56. The van der Waals surface area contributed by atoms with E-state index in [2.05, 4.69) is 5.16 Å². The maximum absolute atomic E-state index is 11.5. The number of sulfonamides is 1. The largest absolute Gasteiger partial charge is 0.399 e. The quantitative estimate of drug-likeness (QED) is 0.793. The summed E-state index contributed by atoms with van der Waals surface area (Å²) in [5.74, 6) is 0.365. The third-order valence-corrected chi connectivity index (χ3v) is 3.68. The molecule has 1 aromatic carbocycles. The number of hydrogen-bond acceptors (Lipinski definition) is 5. The van der Waals surface area contributed by atoms with Gasteiger partial charge in [0.15, 0.2) is 5.76 Å². The maximum atomic E-state index is 11.5. The maximum Gasteiger partial charge on any atom is 0.238 e. The molecule has 0 saturated heterocycles. The number of benzene rings is 1. The van der Waals surface area contributed by atoms with Gasteiger partial charge in [-0.05, 0) is 32.0 Å². The number of hydrogen-bond donors (Lipinski definition) is 2. The van der Waals surface area contributed by atoms with E-state index in [1.807, 2.05) is 0 Å². The molecule has 1 aromatic heterocycles. The Kier molecular flexibility index (Phi) is 2.88. The van der Waals surface area contributed by atoms with Crippen LogP contribution >= 0.6 is 0 Å². The molecule has 7 heteroatoms. The van der Waals surface area contributed by atoms with E-state index in [4.69, 9.17) is 15.4 Å². The van der Waals surface area contributed by atoms with Gasteiger partial charge in [0.1, 0.15) is 0 Å². The predicted molar refractivity (Wildman–Crippen MR) is 67.2 cm³/mol. The van der Waals surface area contributed by atoms with Gasteiger partial charge < -0.3 is 10.3 Å². The monoisotopic (exact) mass is 267 g/mol. The fraction of sp³-hybridized carbons (Fsp3) is 0.182. The molecule has 0 saturated carbocycles. The van der Waals surface area contributed by atoms with Gasteiger partial charge in [0.05, 0.1) is 10.6 Å². The molecule has 0 unspecified atom stereocenters. The average Bonchev–Trinajstić information content (AvgIpc) is 2.58. The molecule has 2 aromatic rings. The van der Waals surface area contributed by atoms with Crippen LogP contribution in [-0.4, -0.2) is 13.6 Å². The molecule has 4 N–H and O–H groups in total. The third-order valence-electron chi connectivity index (χ3n) is 2.71. The molecule has 0 fully saturated rings. The van der Waals surface area contributed by atoms with Crippen molar-refractivity contribution in [1.29, 1.82) is 0 Å². The fourth-order valence-corrected chi connectivity index (χ4v) is 2.36. The molecule has 0 bridgehead atoms. The molecule has 0 aliphatic carbocycles. The summed E-state index contributed by atoms with van der Waals surface area (Å²) < 4.78 is 28.2. The SMILES string of the molecule is Cc1noc(-c2cc(N)ccc2S(N)(=O)=O)c1C. The summed E-state index contributed by atoms with van der Waals surface area (Å²) in [6.07, 6.45) is 0. The summed E-state index contributed by atoms with van der Waals surface area (Å²) in [4.78, 5) is -0.0315. The molecule has 0 radical (unpaired) electrons. The van der Waals surface area contributed by atoms with Crippen LogP contribution in [0.2, 0.25) is 0 Å². The van der Waals surface area contributed by atoms with Crippen LogP contribution in [0.4, 0.5) is 5.69 Å². The van der Waals surface area contributed by atoms with Crippen LogP contribution in [0.3, 0.4) is 0 Å². The Morgan fingerprint density at radius 2 is 1.94 bits per heavy atom. The lowest BCUT2D eigenvalue weighted by atomic mass is 10.1. The third kappa shape index (κ3) is 2.09. The van der Waals surface area contributed by atoms with Gasteiger partial charge in [-0.2, -0.15) is 0 Å². The van der Waals surface area contributed by atoms with Gasteiger partial charge in [-0.15, -0.1) is 0 Å². The topological polar surface area (TPSA) is 112 Å². The van der Waals surface area contributed by atoms with Crippen molar-refractivity contribution in [3.05, 3.63) is 29.5 Å². The fourth-order valence-electron chi connectivity index (χ4n) is 1.64. The van der Waals surface area contributed by atoms with E-state index in [9.17, 15) is 8.42 Å². The number of nitrogens with zero attached hydrogens (tertiary/aromatic N) is 1. The first-order valence-corrected chi connectivity index (χ1v) is 6.71. The Labute approximate surface area is 105 Å². The van der Waals surface area contributed by atoms with Crippen molar-refractivity contribution in [2.75, 3.05) is 5.73 Å². The lowest BCUT2D eigenvalue weighted by molar-refractivity contribution is 0.426. The predicted octanol–water partition coefficient (Wildman–Crippen LogP) is 1.19. The van der Waals surface area contributed by atoms with Crippen LogP contribution in [-0.2, 0) is 10.0 Å². The van der Waals surface area contributed by atoms with E-state index < -0.39 is 10.0 Å². The molecule has 18 heavy (non-hydrogen) atoms. The first-order valence-electron chi connectivity index (χ1n) is 5.16. The smallest absolute Gasteiger partial charge is 0.238 e. The number of nitrogens with two attached hydrogens (primary N) is 2. The number of aromatic nitrogens is 1. The zero-order valence-corrected chi connectivity index (χ0v) is 10.8. The second-order valence-corrected chi connectivity index (χ2v) is 5.55. The lowest BCUT2D eigenvalue weighted by Crippen LogP contribution is -2.13. The van der Waals surface area contributed by atoms with Gasteiger partial charge in [-0.25, -0.2) is 13.6 Å². The Balaban J connectivity index is 2.78.